The summed E-state index contributed by atoms with van der Waals surface area (Å²) in [6.45, 7) is 4.11. The zero-order chi connectivity index (χ0) is 16.9. The fraction of sp³-hybridized carbons (Fsp3) is 0.300. The second-order valence-electron chi connectivity index (χ2n) is 6.02. The van der Waals surface area contributed by atoms with Crippen molar-refractivity contribution in [3.05, 3.63) is 83.7 Å². The van der Waals surface area contributed by atoms with Gasteiger partial charge in [0.05, 0.1) is 19.3 Å². The lowest BCUT2D eigenvalue weighted by molar-refractivity contribution is -0.0124. The highest BCUT2D eigenvalue weighted by atomic mass is 19.1. The van der Waals surface area contributed by atoms with Gasteiger partial charge in [-0.3, -0.25) is 0 Å². The topological polar surface area (TPSA) is 41.5 Å². The Labute approximate surface area is 141 Å². The summed E-state index contributed by atoms with van der Waals surface area (Å²) in [6, 6.07) is 14.3. The summed E-state index contributed by atoms with van der Waals surface area (Å²) in [5.74, 6) is -0.294. The van der Waals surface area contributed by atoms with Crippen LogP contribution in [-0.4, -0.2) is 17.8 Å². The average molecular weight is 327 g/mol. The van der Waals surface area contributed by atoms with E-state index >= 15 is 0 Å². The van der Waals surface area contributed by atoms with Gasteiger partial charge in [0, 0.05) is 6.04 Å². The number of rotatable bonds is 6. The Morgan fingerprint density at radius 3 is 2.67 bits per heavy atom. The lowest BCUT2D eigenvalue weighted by Crippen LogP contribution is -2.45. The first kappa shape index (κ1) is 16.8. The summed E-state index contributed by atoms with van der Waals surface area (Å²) in [6.07, 6.45) is 2.13. The van der Waals surface area contributed by atoms with E-state index in [0.29, 0.717) is 13.0 Å². The van der Waals surface area contributed by atoms with E-state index in [1.165, 1.54) is 12.1 Å². The summed E-state index contributed by atoms with van der Waals surface area (Å²) in [7, 11) is 0. The molecule has 24 heavy (non-hydrogen) atoms. The molecule has 0 aliphatic carbocycles. The number of halogens is 1. The molecule has 0 saturated carbocycles. The number of benzene rings is 2. The molecule has 0 amide bonds. The van der Waals surface area contributed by atoms with E-state index in [2.05, 4.69) is 11.9 Å². The molecule has 0 aromatic heterocycles. The van der Waals surface area contributed by atoms with E-state index < -0.39 is 6.10 Å². The average Bonchev–Trinajstić information content (AvgIpc) is 2.61. The van der Waals surface area contributed by atoms with Crippen LogP contribution in [0.15, 0.2) is 61.2 Å². The molecular formula is C20H22FNO2. The van der Waals surface area contributed by atoms with Crippen molar-refractivity contribution in [1.82, 2.24) is 5.32 Å². The SMILES string of the molecule is C=CC[C@@H]1N[C@@H](CO)[C@H](OCc2ccccc2)c2cc(F)ccc21. The highest BCUT2D eigenvalue weighted by Gasteiger charge is 2.34. The predicted molar refractivity (Wildman–Crippen MR) is 91.9 cm³/mol. The maximum Gasteiger partial charge on any atom is 0.123 e. The normalized spacial score (nSPS) is 22.8. The van der Waals surface area contributed by atoms with Crippen LogP contribution < -0.4 is 5.32 Å². The van der Waals surface area contributed by atoms with Crippen molar-refractivity contribution in [3.63, 3.8) is 0 Å². The molecule has 1 aliphatic rings. The number of nitrogens with one attached hydrogen (secondary N) is 1. The summed E-state index contributed by atoms with van der Waals surface area (Å²) in [4.78, 5) is 0. The summed E-state index contributed by atoms with van der Waals surface area (Å²) < 4.78 is 19.9. The molecule has 0 spiro atoms. The molecule has 0 fully saturated rings. The van der Waals surface area contributed by atoms with Gasteiger partial charge in [0.1, 0.15) is 11.9 Å². The molecule has 2 N–H and O–H groups in total. The first-order valence-corrected chi connectivity index (χ1v) is 8.15. The largest absolute Gasteiger partial charge is 0.395 e. The Hall–Kier alpha value is -2.01. The number of aliphatic hydroxyl groups excluding tert-OH is 1. The minimum absolute atomic E-state index is 0.00632. The van der Waals surface area contributed by atoms with Crippen molar-refractivity contribution in [2.24, 2.45) is 0 Å². The van der Waals surface area contributed by atoms with Gasteiger partial charge in [0.2, 0.25) is 0 Å². The molecule has 2 aromatic rings. The van der Waals surface area contributed by atoms with Gasteiger partial charge in [-0.1, -0.05) is 42.5 Å². The van der Waals surface area contributed by atoms with E-state index in [1.54, 1.807) is 6.07 Å². The van der Waals surface area contributed by atoms with Crippen LogP contribution in [0.3, 0.4) is 0 Å². The Kier molecular flexibility index (Phi) is 5.41. The predicted octanol–water partition coefficient (Wildman–Crippen LogP) is 3.66. The van der Waals surface area contributed by atoms with Gasteiger partial charge >= 0.3 is 0 Å². The molecule has 3 rings (SSSR count). The number of aliphatic hydroxyl groups is 1. The van der Waals surface area contributed by atoms with E-state index in [4.69, 9.17) is 4.74 Å². The van der Waals surface area contributed by atoms with Gasteiger partial charge in [-0.2, -0.15) is 0 Å². The first-order chi connectivity index (χ1) is 11.7. The second-order valence-corrected chi connectivity index (χ2v) is 6.02. The summed E-state index contributed by atoms with van der Waals surface area (Å²) >= 11 is 0. The molecular weight excluding hydrogens is 305 g/mol. The van der Waals surface area contributed by atoms with Crippen LogP contribution in [0.25, 0.3) is 0 Å². The zero-order valence-electron chi connectivity index (χ0n) is 13.5. The van der Waals surface area contributed by atoms with Crippen molar-refractivity contribution in [2.45, 2.75) is 31.2 Å². The maximum absolute atomic E-state index is 13.8. The molecule has 0 unspecified atom stereocenters. The third-order valence-electron chi connectivity index (χ3n) is 4.38. The number of hydrogen-bond donors (Lipinski definition) is 2. The Morgan fingerprint density at radius 1 is 1.17 bits per heavy atom. The van der Waals surface area contributed by atoms with Crippen LogP contribution in [0.4, 0.5) is 4.39 Å². The lowest BCUT2D eigenvalue weighted by Gasteiger charge is -2.38. The van der Waals surface area contributed by atoms with Crippen molar-refractivity contribution in [1.29, 1.82) is 0 Å². The van der Waals surface area contributed by atoms with Crippen LogP contribution in [0, 0.1) is 5.82 Å². The highest BCUT2D eigenvalue weighted by Crippen LogP contribution is 2.37. The lowest BCUT2D eigenvalue weighted by atomic mass is 9.86. The maximum atomic E-state index is 13.8. The molecule has 2 aromatic carbocycles. The third kappa shape index (κ3) is 3.56. The van der Waals surface area contributed by atoms with Crippen molar-refractivity contribution in [2.75, 3.05) is 6.61 Å². The van der Waals surface area contributed by atoms with Gasteiger partial charge in [-0.05, 0) is 35.2 Å². The van der Waals surface area contributed by atoms with Crippen molar-refractivity contribution >= 4 is 0 Å². The molecule has 1 heterocycles. The second kappa shape index (κ2) is 7.71. The first-order valence-electron chi connectivity index (χ1n) is 8.15. The molecule has 3 atom stereocenters. The van der Waals surface area contributed by atoms with Gasteiger partial charge in [0.25, 0.3) is 0 Å². The molecule has 0 radical (unpaired) electrons. The monoisotopic (exact) mass is 327 g/mol. The van der Waals surface area contributed by atoms with Crippen LogP contribution in [0.1, 0.15) is 35.3 Å². The summed E-state index contributed by atoms with van der Waals surface area (Å²) in [5.41, 5.74) is 2.84. The number of hydrogen-bond acceptors (Lipinski definition) is 3. The van der Waals surface area contributed by atoms with E-state index in [0.717, 1.165) is 16.7 Å². The van der Waals surface area contributed by atoms with E-state index in [1.807, 2.05) is 36.4 Å². The Balaban J connectivity index is 1.89. The van der Waals surface area contributed by atoms with Gasteiger partial charge < -0.3 is 15.2 Å². The fourth-order valence-corrected chi connectivity index (χ4v) is 3.24. The standard InChI is InChI=1S/C20H22FNO2/c1-2-6-18-16-10-9-15(21)11-17(16)20(19(12-23)22-18)24-13-14-7-4-3-5-8-14/h2-5,7-11,18-20,22-23H,1,6,12-13H2/t18-,19-,20+/m0/s1. The smallest absolute Gasteiger partial charge is 0.123 e. The Morgan fingerprint density at radius 2 is 1.96 bits per heavy atom. The molecule has 0 saturated heterocycles. The molecule has 0 bridgehead atoms. The number of fused-ring (bicyclic) bond motifs is 1. The van der Waals surface area contributed by atoms with Gasteiger partial charge in [-0.25, -0.2) is 4.39 Å². The zero-order valence-corrected chi connectivity index (χ0v) is 13.5. The van der Waals surface area contributed by atoms with Gasteiger partial charge in [-0.15, -0.1) is 6.58 Å². The quantitative estimate of drug-likeness (QED) is 0.796. The van der Waals surface area contributed by atoms with E-state index in [9.17, 15) is 9.50 Å². The van der Waals surface area contributed by atoms with E-state index in [-0.39, 0.29) is 24.5 Å². The van der Waals surface area contributed by atoms with Crippen LogP contribution in [0.5, 0.6) is 0 Å². The highest BCUT2D eigenvalue weighted by molar-refractivity contribution is 5.36. The third-order valence-corrected chi connectivity index (χ3v) is 4.38. The van der Waals surface area contributed by atoms with Gasteiger partial charge in [0.15, 0.2) is 0 Å². The van der Waals surface area contributed by atoms with Crippen LogP contribution in [-0.2, 0) is 11.3 Å². The van der Waals surface area contributed by atoms with Crippen molar-refractivity contribution < 1.29 is 14.2 Å². The molecule has 4 heteroatoms. The fourth-order valence-electron chi connectivity index (χ4n) is 3.24. The van der Waals surface area contributed by atoms with Crippen LogP contribution >= 0.6 is 0 Å². The van der Waals surface area contributed by atoms with Crippen LogP contribution in [0.2, 0.25) is 0 Å². The number of ether oxygens (including phenoxy) is 1. The minimum Gasteiger partial charge on any atom is -0.395 e. The molecule has 1 aliphatic heterocycles. The van der Waals surface area contributed by atoms with Crippen molar-refractivity contribution in [3.8, 4) is 0 Å². The minimum atomic E-state index is -0.401. The Bertz CT molecular complexity index is 689. The summed E-state index contributed by atoms with van der Waals surface area (Å²) in [5, 5.41) is 13.2. The molecule has 3 nitrogen and oxygen atoms in total. The molecule has 126 valence electrons.